The summed E-state index contributed by atoms with van der Waals surface area (Å²) in [4.78, 5) is 39.8. The molecule has 1 atom stereocenters. The second-order valence-electron chi connectivity index (χ2n) is 5.78. The molecule has 1 aromatic rings. The SMILES string of the molecule is CC(C(=O)O)C1CCN(c2ccc(NC(=O)C(=O)NN)cn2)CC1. The maximum absolute atomic E-state index is 11.4. The number of carboxylic acid groups (broad SMARTS) is 1. The number of nitrogens with zero attached hydrogens (tertiary/aromatic N) is 2. The summed E-state index contributed by atoms with van der Waals surface area (Å²) in [5.74, 6) is 2.90. The fraction of sp³-hybridized carbons (Fsp3) is 0.467. The molecule has 0 spiro atoms. The van der Waals surface area contributed by atoms with Gasteiger partial charge in [0.2, 0.25) is 0 Å². The minimum atomic E-state index is -0.936. The van der Waals surface area contributed by atoms with E-state index in [2.05, 4.69) is 15.2 Å². The molecule has 1 aliphatic rings. The summed E-state index contributed by atoms with van der Waals surface area (Å²) in [5.41, 5.74) is 2.14. The Kier molecular flexibility index (Phi) is 5.69. The van der Waals surface area contributed by atoms with Gasteiger partial charge < -0.3 is 15.3 Å². The van der Waals surface area contributed by atoms with Crippen LogP contribution in [-0.4, -0.2) is 41.0 Å². The molecule has 1 unspecified atom stereocenters. The van der Waals surface area contributed by atoms with Crippen molar-refractivity contribution in [3.63, 3.8) is 0 Å². The number of carbonyl (C=O) groups is 3. The molecule has 2 rings (SSSR count). The van der Waals surface area contributed by atoms with Gasteiger partial charge in [0.15, 0.2) is 0 Å². The van der Waals surface area contributed by atoms with E-state index in [1.165, 1.54) is 6.20 Å². The minimum Gasteiger partial charge on any atom is -0.481 e. The van der Waals surface area contributed by atoms with E-state index in [1.54, 1.807) is 24.5 Å². The van der Waals surface area contributed by atoms with Crippen molar-refractivity contribution < 1.29 is 19.5 Å². The highest BCUT2D eigenvalue weighted by atomic mass is 16.4. The van der Waals surface area contributed by atoms with Crippen molar-refractivity contribution >= 4 is 29.3 Å². The molecule has 24 heavy (non-hydrogen) atoms. The van der Waals surface area contributed by atoms with Crippen LogP contribution in [0.4, 0.5) is 11.5 Å². The molecule has 9 heteroatoms. The number of amides is 2. The maximum Gasteiger partial charge on any atom is 0.323 e. The van der Waals surface area contributed by atoms with Crippen LogP contribution in [0.25, 0.3) is 0 Å². The summed E-state index contributed by atoms with van der Waals surface area (Å²) in [7, 11) is 0. The number of anilines is 2. The lowest BCUT2D eigenvalue weighted by atomic mass is 9.85. The van der Waals surface area contributed by atoms with Gasteiger partial charge in [0.05, 0.1) is 17.8 Å². The topological polar surface area (TPSA) is 138 Å². The van der Waals surface area contributed by atoms with E-state index in [1.807, 2.05) is 0 Å². The highest BCUT2D eigenvalue weighted by Crippen LogP contribution is 2.27. The summed E-state index contributed by atoms with van der Waals surface area (Å²) in [6, 6.07) is 3.40. The van der Waals surface area contributed by atoms with Gasteiger partial charge in [0.1, 0.15) is 5.82 Å². The number of nitrogens with two attached hydrogens (primary N) is 1. The number of hydrazine groups is 1. The Bertz CT molecular complexity index is 611. The largest absolute Gasteiger partial charge is 0.481 e. The zero-order chi connectivity index (χ0) is 17.7. The fourth-order valence-corrected chi connectivity index (χ4v) is 2.73. The highest BCUT2D eigenvalue weighted by Gasteiger charge is 2.28. The molecule has 0 aromatic carbocycles. The first-order valence-electron chi connectivity index (χ1n) is 7.68. The monoisotopic (exact) mass is 335 g/mol. The normalized spacial score (nSPS) is 16.3. The molecule has 0 saturated carbocycles. The Morgan fingerprint density at radius 3 is 2.46 bits per heavy atom. The van der Waals surface area contributed by atoms with Crippen molar-refractivity contribution in [1.29, 1.82) is 0 Å². The van der Waals surface area contributed by atoms with Crippen LogP contribution in [0.3, 0.4) is 0 Å². The first kappa shape index (κ1) is 17.7. The van der Waals surface area contributed by atoms with E-state index in [9.17, 15) is 14.4 Å². The molecule has 9 nitrogen and oxygen atoms in total. The van der Waals surface area contributed by atoms with E-state index in [0.717, 1.165) is 31.7 Å². The van der Waals surface area contributed by atoms with Crippen LogP contribution in [-0.2, 0) is 14.4 Å². The number of carboxylic acids is 1. The van der Waals surface area contributed by atoms with Crippen molar-refractivity contribution in [2.24, 2.45) is 17.7 Å². The first-order chi connectivity index (χ1) is 11.4. The van der Waals surface area contributed by atoms with Crippen LogP contribution in [0.15, 0.2) is 18.3 Å². The van der Waals surface area contributed by atoms with Crippen molar-refractivity contribution in [3.8, 4) is 0 Å². The number of carbonyl (C=O) groups excluding carboxylic acids is 2. The van der Waals surface area contributed by atoms with E-state index < -0.39 is 17.8 Å². The second kappa shape index (κ2) is 7.73. The minimum absolute atomic E-state index is 0.173. The van der Waals surface area contributed by atoms with Crippen LogP contribution in [0, 0.1) is 11.8 Å². The van der Waals surface area contributed by atoms with Gasteiger partial charge >= 0.3 is 17.8 Å². The molecule has 2 amide bonds. The van der Waals surface area contributed by atoms with Gasteiger partial charge in [-0.05, 0) is 30.9 Å². The quantitative estimate of drug-likeness (QED) is 0.262. The van der Waals surface area contributed by atoms with Crippen LogP contribution in [0.1, 0.15) is 19.8 Å². The Labute approximate surface area is 139 Å². The average Bonchev–Trinajstić information content (AvgIpc) is 2.61. The van der Waals surface area contributed by atoms with Gasteiger partial charge in [-0.15, -0.1) is 0 Å². The standard InChI is InChI=1S/C15H21N5O4/c1-9(15(23)24)10-4-6-20(7-5-10)12-3-2-11(8-17-12)18-13(21)14(22)19-16/h2-3,8-10H,4-7,16H2,1H3,(H,18,21)(H,19,22)(H,23,24). The summed E-state index contributed by atoms with van der Waals surface area (Å²) >= 11 is 0. The molecule has 1 aromatic heterocycles. The third-order valence-corrected chi connectivity index (χ3v) is 4.30. The van der Waals surface area contributed by atoms with Gasteiger partial charge in [0.25, 0.3) is 0 Å². The number of aromatic nitrogens is 1. The number of hydrogen-bond acceptors (Lipinski definition) is 6. The third kappa shape index (κ3) is 4.19. The van der Waals surface area contributed by atoms with Gasteiger partial charge in [-0.3, -0.25) is 19.8 Å². The van der Waals surface area contributed by atoms with Gasteiger partial charge in [0, 0.05) is 13.1 Å². The molecule has 0 radical (unpaired) electrons. The molecular formula is C15H21N5O4. The Morgan fingerprint density at radius 2 is 1.96 bits per heavy atom. The smallest absolute Gasteiger partial charge is 0.323 e. The zero-order valence-corrected chi connectivity index (χ0v) is 13.4. The van der Waals surface area contributed by atoms with Gasteiger partial charge in [-0.25, -0.2) is 10.8 Å². The fourth-order valence-electron chi connectivity index (χ4n) is 2.73. The summed E-state index contributed by atoms with van der Waals surface area (Å²) in [5, 5.41) is 11.5. The number of aliphatic carboxylic acids is 1. The number of piperidine rings is 1. The molecule has 5 N–H and O–H groups in total. The number of nitrogens with one attached hydrogen (secondary N) is 2. The Morgan fingerprint density at radius 1 is 1.29 bits per heavy atom. The van der Waals surface area contributed by atoms with Crippen molar-refractivity contribution in [2.75, 3.05) is 23.3 Å². The van der Waals surface area contributed by atoms with E-state index in [-0.39, 0.29) is 11.8 Å². The van der Waals surface area contributed by atoms with E-state index >= 15 is 0 Å². The molecule has 1 fully saturated rings. The molecule has 0 bridgehead atoms. The highest BCUT2D eigenvalue weighted by molar-refractivity contribution is 6.39. The molecule has 0 aliphatic carbocycles. The first-order valence-corrected chi connectivity index (χ1v) is 7.68. The molecule has 130 valence electrons. The Hall–Kier alpha value is -2.68. The second-order valence-corrected chi connectivity index (χ2v) is 5.78. The number of rotatable bonds is 4. The predicted molar refractivity (Wildman–Crippen MR) is 86.9 cm³/mol. The number of hydrogen-bond donors (Lipinski definition) is 4. The van der Waals surface area contributed by atoms with E-state index in [0.29, 0.717) is 5.69 Å². The van der Waals surface area contributed by atoms with Crippen LogP contribution >= 0.6 is 0 Å². The molecule has 1 saturated heterocycles. The van der Waals surface area contributed by atoms with Crippen molar-refractivity contribution in [1.82, 2.24) is 10.4 Å². The molecule has 2 heterocycles. The number of pyridine rings is 1. The van der Waals surface area contributed by atoms with Crippen LogP contribution in [0.2, 0.25) is 0 Å². The van der Waals surface area contributed by atoms with E-state index in [4.69, 9.17) is 10.9 Å². The molecular weight excluding hydrogens is 314 g/mol. The maximum atomic E-state index is 11.4. The average molecular weight is 335 g/mol. The zero-order valence-electron chi connectivity index (χ0n) is 13.4. The predicted octanol–water partition coefficient (Wildman–Crippen LogP) is -0.0529. The summed E-state index contributed by atoms with van der Waals surface area (Å²) in [6.07, 6.45) is 3.05. The van der Waals surface area contributed by atoms with Crippen molar-refractivity contribution in [2.45, 2.75) is 19.8 Å². The van der Waals surface area contributed by atoms with Crippen LogP contribution in [0.5, 0.6) is 0 Å². The lowest BCUT2D eigenvalue weighted by Gasteiger charge is -2.34. The van der Waals surface area contributed by atoms with Gasteiger partial charge in [-0.2, -0.15) is 0 Å². The summed E-state index contributed by atoms with van der Waals surface area (Å²) < 4.78 is 0. The summed E-state index contributed by atoms with van der Waals surface area (Å²) in [6.45, 7) is 3.21. The lowest BCUT2D eigenvalue weighted by molar-refractivity contribution is -0.143. The van der Waals surface area contributed by atoms with Crippen LogP contribution < -0.4 is 21.5 Å². The lowest BCUT2D eigenvalue weighted by Crippen LogP contribution is -2.39. The third-order valence-electron chi connectivity index (χ3n) is 4.30. The Balaban J connectivity index is 1.91. The molecule has 1 aliphatic heterocycles. The van der Waals surface area contributed by atoms with Crippen molar-refractivity contribution in [3.05, 3.63) is 18.3 Å². The van der Waals surface area contributed by atoms with Gasteiger partial charge in [-0.1, -0.05) is 6.92 Å².